The number of hydrogen-bond donors (Lipinski definition) is 0. The lowest BCUT2D eigenvalue weighted by molar-refractivity contribution is -0.101. The maximum absolute atomic E-state index is 5.79. The molecule has 16 heavy (non-hydrogen) atoms. The summed E-state index contributed by atoms with van der Waals surface area (Å²) in [5, 5.41) is 0. The lowest BCUT2D eigenvalue weighted by Crippen LogP contribution is -2.15. The van der Waals surface area contributed by atoms with E-state index in [1.165, 1.54) is 11.1 Å². The molecule has 0 aromatic heterocycles. The summed E-state index contributed by atoms with van der Waals surface area (Å²) in [7, 11) is 0.710. The van der Waals surface area contributed by atoms with Gasteiger partial charge in [-0.3, -0.25) is 0 Å². The summed E-state index contributed by atoms with van der Waals surface area (Å²) in [6.07, 6.45) is -0.0237. The summed E-state index contributed by atoms with van der Waals surface area (Å²) in [6.45, 7) is 8.44. The molecule has 0 heterocycles. The van der Waals surface area contributed by atoms with E-state index in [1.807, 2.05) is 6.92 Å². The van der Waals surface area contributed by atoms with Gasteiger partial charge in [-0.1, -0.05) is 38.1 Å². The first-order valence-electron chi connectivity index (χ1n) is 5.83. The SMILES string of the molecule is CC(O[SiH3])OC(C)c1ccccc1C(C)C. The highest BCUT2D eigenvalue weighted by Crippen LogP contribution is 2.27. The van der Waals surface area contributed by atoms with Crippen LogP contribution in [-0.2, 0) is 9.16 Å². The van der Waals surface area contributed by atoms with E-state index in [4.69, 9.17) is 9.16 Å². The van der Waals surface area contributed by atoms with E-state index in [9.17, 15) is 0 Å². The van der Waals surface area contributed by atoms with Crippen LogP contribution in [-0.4, -0.2) is 16.8 Å². The molecule has 1 aromatic carbocycles. The first kappa shape index (κ1) is 13.4. The minimum Gasteiger partial charge on any atom is -0.404 e. The Balaban J connectivity index is 2.85. The molecule has 3 heteroatoms. The van der Waals surface area contributed by atoms with Crippen LogP contribution >= 0.6 is 0 Å². The maximum atomic E-state index is 5.79. The van der Waals surface area contributed by atoms with Crippen molar-refractivity contribution in [1.82, 2.24) is 0 Å². The van der Waals surface area contributed by atoms with Crippen molar-refractivity contribution in [1.29, 1.82) is 0 Å². The number of hydrogen-bond acceptors (Lipinski definition) is 2. The lowest BCUT2D eigenvalue weighted by Gasteiger charge is -2.22. The van der Waals surface area contributed by atoms with Gasteiger partial charge in [0.1, 0.15) is 16.8 Å². The van der Waals surface area contributed by atoms with E-state index in [2.05, 4.69) is 45.0 Å². The molecular weight excluding hydrogens is 216 g/mol. The van der Waals surface area contributed by atoms with Gasteiger partial charge in [0.25, 0.3) is 0 Å². The Hall–Kier alpha value is -0.643. The van der Waals surface area contributed by atoms with Crippen molar-refractivity contribution in [2.75, 3.05) is 0 Å². The molecule has 1 aromatic rings. The number of benzene rings is 1. The fourth-order valence-electron chi connectivity index (χ4n) is 1.82. The van der Waals surface area contributed by atoms with Gasteiger partial charge in [0.05, 0.1) is 6.10 Å². The van der Waals surface area contributed by atoms with Crippen molar-refractivity contribution < 1.29 is 9.16 Å². The van der Waals surface area contributed by atoms with Crippen LogP contribution in [0, 0.1) is 0 Å². The molecule has 0 aliphatic carbocycles. The molecule has 2 unspecified atom stereocenters. The normalized spacial score (nSPS) is 15.3. The average molecular weight is 238 g/mol. The summed E-state index contributed by atoms with van der Waals surface area (Å²) in [6, 6.07) is 8.46. The van der Waals surface area contributed by atoms with Crippen LogP contribution in [0.15, 0.2) is 24.3 Å². The zero-order valence-electron chi connectivity index (χ0n) is 10.9. The molecule has 0 saturated heterocycles. The topological polar surface area (TPSA) is 18.5 Å². The molecule has 0 aliphatic rings. The molecule has 0 N–H and O–H groups in total. The van der Waals surface area contributed by atoms with Crippen LogP contribution in [0.1, 0.15) is 50.8 Å². The molecule has 0 bridgehead atoms. The van der Waals surface area contributed by atoms with Crippen molar-refractivity contribution in [2.24, 2.45) is 0 Å². The lowest BCUT2D eigenvalue weighted by atomic mass is 9.94. The van der Waals surface area contributed by atoms with E-state index >= 15 is 0 Å². The van der Waals surface area contributed by atoms with Crippen LogP contribution in [0.2, 0.25) is 0 Å². The third kappa shape index (κ3) is 3.44. The number of rotatable bonds is 5. The van der Waals surface area contributed by atoms with Gasteiger partial charge in [-0.15, -0.1) is 0 Å². The highest BCUT2D eigenvalue weighted by atomic mass is 28.2. The Morgan fingerprint density at radius 1 is 1.00 bits per heavy atom. The number of ether oxygens (including phenoxy) is 1. The second-order valence-electron chi connectivity index (χ2n) is 4.37. The Labute approximate surface area is 102 Å². The van der Waals surface area contributed by atoms with Gasteiger partial charge >= 0.3 is 0 Å². The van der Waals surface area contributed by atoms with E-state index in [0.29, 0.717) is 16.4 Å². The Morgan fingerprint density at radius 3 is 2.06 bits per heavy atom. The van der Waals surface area contributed by atoms with Crippen LogP contribution < -0.4 is 0 Å². The molecule has 90 valence electrons. The quantitative estimate of drug-likeness (QED) is 0.580. The summed E-state index contributed by atoms with van der Waals surface area (Å²) >= 11 is 0. The predicted octanol–water partition coefficient (Wildman–Crippen LogP) is 2.53. The molecule has 0 amide bonds. The third-order valence-corrected chi connectivity index (χ3v) is 3.45. The Morgan fingerprint density at radius 2 is 1.56 bits per heavy atom. The summed E-state index contributed by atoms with van der Waals surface area (Å²) in [5.74, 6) is 0.523. The first-order valence-corrected chi connectivity index (χ1v) is 6.65. The molecule has 1 rings (SSSR count). The monoisotopic (exact) mass is 238 g/mol. The van der Waals surface area contributed by atoms with E-state index < -0.39 is 0 Å². The molecule has 2 atom stereocenters. The van der Waals surface area contributed by atoms with E-state index in [-0.39, 0.29) is 12.4 Å². The van der Waals surface area contributed by atoms with Crippen molar-refractivity contribution in [3.8, 4) is 0 Å². The zero-order valence-corrected chi connectivity index (χ0v) is 12.9. The minimum absolute atomic E-state index is 0.0857. The van der Waals surface area contributed by atoms with Crippen molar-refractivity contribution >= 4 is 10.5 Å². The first-order chi connectivity index (χ1) is 7.56. The molecule has 2 nitrogen and oxygen atoms in total. The molecular formula is C13H22O2Si. The standard InChI is InChI=1S/C13H22O2Si/c1-9(2)12-7-5-6-8-13(12)10(3)14-11(4)15-16/h5-11H,1-4,16H3. The van der Waals surface area contributed by atoms with E-state index in [1.54, 1.807) is 0 Å². The fourth-order valence-corrected chi connectivity index (χ4v) is 1.93. The van der Waals surface area contributed by atoms with Crippen LogP contribution in [0.5, 0.6) is 0 Å². The summed E-state index contributed by atoms with van der Waals surface area (Å²) < 4.78 is 11.0. The Kier molecular flexibility index (Phi) is 5.18. The average Bonchev–Trinajstić information content (AvgIpc) is 2.28. The van der Waals surface area contributed by atoms with Gasteiger partial charge in [-0.25, -0.2) is 0 Å². The molecule has 0 fully saturated rings. The molecule has 0 spiro atoms. The largest absolute Gasteiger partial charge is 0.404 e. The van der Waals surface area contributed by atoms with Gasteiger partial charge < -0.3 is 9.16 Å². The Bertz CT molecular complexity index is 325. The van der Waals surface area contributed by atoms with Crippen LogP contribution in [0.25, 0.3) is 0 Å². The van der Waals surface area contributed by atoms with Gasteiger partial charge in [0.15, 0.2) is 0 Å². The highest BCUT2D eigenvalue weighted by Gasteiger charge is 2.14. The summed E-state index contributed by atoms with van der Waals surface area (Å²) in [5.41, 5.74) is 2.62. The van der Waals surface area contributed by atoms with E-state index in [0.717, 1.165) is 0 Å². The summed E-state index contributed by atoms with van der Waals surface area (Å²) in [4.78, 5) is 0. The van der Waals surface area contributed by atoms with Crippen molar-refractivity contribution in [3.63, 3.8) is 0 Å². The maximum Gasteiger partial charge on any atom is 0.149 e. The van der Waals surface area contributed by atoms with Crippen LogP contribution in [0.4, 0.5) is 0 Å². The highest BCUT2D eigenvalue weighted by molar-refractivity contribution is 5.98. The zero-order chi connectivity index (χ0) is 12.1. The predicted molar refractivity (Wildman–Crippen MR) is 70.5 cm³/mol. The smallest absolute Gasteiger partial charge is 0.149 e. The molecule has 0 radical (unpaired) electrons. The van der Waals surface area contributed by atoms with Crippen molar-refractivity contribution in [2.45, 2.75) is 46.0 Å². The fraction of sp³-hybridized carbons (Fsp3) is 0.538. The van der Waals surface area contributed by atoms with Crippen molar-refractivity contribution in [3.05, 3.63) is 35.4 Å². The second kappa shape index (κ2) is 6.18. The van der Waals surface area contributed by atoms with Gasteiger partial charge in [0.2, 0.25) is 0 Å². The minimum atomic E-state index is -0.109. The molecule has 0 saturated carbocycles. The van der Waals surface area contributed by atoms with Crippen LogP contribution in [0.3, 0.4) is 0 Å². The van der Waals surface area contributed by atoms with Gasteiger partial charge in [-0.2, -0.15) is 0 Å². The van der Waals surface area contributed by atoms with Gasteiger partial charge in [0, 0.05) is 0 Å². The molecule has 0 aliphatic heterocycles. The van der Waals surface area contributed by atoms with Gasteiger partial charge in [-0.05, 0) is 30.9 Å². The second-order valence-corrected chi connectivity index (χ2v) is 4.84. The third-order valence-electron chi connectivity index (χ3n) is 2.78.